The number of hydrogen-bond acceptors (Lipinski definition) is 6. The second-order valence-electron chi connectivity index (χ2n) is 5.00. The molecule has 19 heavy (non-hydrogen) atoms. The van der Waals surface area contributed by atoms with Gasteiger partial charge in [-0.25, -0.2) is 8.42 Å². The van der Waals surface area contributed by atoms with Crippen LogP contribution < -0.4 is 5.32 Å². The van der Waals surface area contributed by atoms with Crippen molar-refractivity contribution < 1.29 is 23.0 Å². The minimum absolute atomic E-state index is 0.0660. The SMILES string of the molecule is O=S1(=O)C=CC(NCC(O)COCC2CCCO2)C1. The lowest BCUT2D eigenvalue weighted by Gasteiger charge is -2.16. The van der Waals surface area contributed by atoms with Crippen molar-refractivity contribution in [3.05, 3.63) is 11.5 Å². The topological polar surface area (TPSA) is 84.9 Å². The summed E-state index contributed by atoms with van der Waals surface area (Å²) in [7, 11) is -3.04. The molecule has 2 N–H and O–H groups in total. The first-order chi connectivity index (χ1) is 9.05. The molecule has 3 unspecified atom stereocenters. The summed E-state index contributed by atoms with van der Waals surface area (Å²) in [6.45, 7) is 1.85. The highest BCUT2D eigenvalue weighted by Crippen LogP contribution is 2.12. The molecule has 6 nitrogen and oxygen atoms in total. The molecule has 110 valence electrons. The molecule has 0 aliphatic carbocycles. The van der Waals surface area contributed by atoms with E-state index in [1.807, 2.05) is 0 Å². The Labute approximate surface area is 113 Å². The number of aliphatic hydroxyl groups excluding tert-OH is 1. The maximum Gasteiger partial charge on any atom is 0.173 e. The van der Waals surface area contributed by atoms with Crippen LogP contribution in [-0.4, -0.2) is 63.9 Å². The highest BCUT2D eigenvalue weighted by atomic mass is 32.2. The quantitative estimate of drug-likeness (QED) is 0.654. The van der Waals surface area contributed by atoms with Crippen LogP contribution in [0.4, 0.5) is 0 Å². The van der Waals surface area contributed by atoms with Crippen LogP contribution in [0.2, 0.25) is 0 Å². The van der Waals surface area contributed by atoms with Gasteiger partial charge in [-0.3, -0.25) is 0 Å². The lowest BCUT2D eigenvalue weighted by molar-refractivity contribution is -0.0166. The number of hydrogen-bond donors (Lipinski definition) is 2. The van der Waals surface area contributed by atoms with Crippen molar-refractivity contribution in [3.8, 4) is 0 Å². The second-order valence-corrected chi connectivity index (χ2v) is 6.93. The van der Waals surface area contributed by atoms with Crippen LogP contribution in [0.3, 0.4) is 0 Å². The third-order valence-electron chi connectivity index (χ3n) is 3.18. The first kappa shape index (κ1) is 14.9. The number of nitrogens with one attached hydrogen (secondary N) is 1. The zero-order valence-corrected chi connectivity index (χ0v) is 11.6. The minimum atomic E-state index is -3.04. The van der Waals surface area contributed by atoms with E-state index in [-0.39, 0.29) is 24.5 Å². The molecule has 0 aromatic rings. The van der Waals surface area contributed by atoms with Crippen molar-refractivity contribution in [2.45, 2.75) is 31.1 Å². The van der Waals surface area contributed by atoms with Crippen molar-refractivity contribution >= 4 is 9.84 Å². The fourth-order valence-electron chi connectivity index (χ4n) is 2.16. The van der Waals surface area contributed by atoms with Gasteiger partial charge in [0.1, 0.15) is 0 Å². The number of ether oxygens (including phenoxy) is 2. The Kier molecular flexibility index (Phi) is 5.35. The zero-order chi connectivity index (χ0) is 13.7. The van der Waals surface area contributed by atoms with Gasteiger partial charge in [-0.2, -0.15) is 0 Å². The average molecular weight is 291 g/mol. The number of aliphatic hydroxyl groups is 1. The molecule has 2 aliphatic rings. The van der Waals surface area contributed by atoms with E-state index in [1.165, 1.54) is 5.41 Å². The summed E-state index contributed by atoms with van der Waals surface area (Å²) >= 11 is 0. The molecule has 2 aliphatic heterocycles. The third-order valence-corrected chi connectivity index (χ3v) is 4.58. The van der Waals surface area contributed by atoms with Crippen LogP contribution in [0.5, 0.6) is 0 Å². The van der Waals surface area contributed by atoms with Crippen molar-refractivity contribution in [3.63, 3.8) is 0 Å². The second kappa shape index (κ2) is 6.81. The van der Waals surface area contributed by atoms with E-state index in [0.29, 0.717) is 13.2 Å². The van der Waals surface area contributed by atoms with Gasteiger partial charge in [0, 0.05) is 24.6 Å². The van der Waals surface area contributed by atoms with Crippen LogP contribution in [0.15, 0.2) is 11.5 Å². The van der Waals surface area contributed by atoms with Gasteiger partial charge < -0.3 is 19.9 Å². The van der Waals surface area contributed by atoms with Crippen LogP contribution in [0.1, 0.15) is 12.8 Å². The summed E-state index contributed by atoms with van der Waals surface area (Å²) in [6, 6.07) is -0.210. The van der Waals surface area contributed by atoms with E-state index in [0.717, 1.165) is 19.4 Å². The molecule has 0 amide bonds. The fourth-order valence-corrected chi connectivity index (χ4v) is 3.43. The van der Waals surface area contributed by atoms with E-state index in [4.69, 9.17) is 9.47 Å². The van der Waals surface area contributed by atoms with Crippen molar-refractivity contribution in [1.82, 2.24) is 5.32 Å². The van der Waals surface area contributed by atoms with Crippen LogP contribution in [0.25, 0.3) is 0 Å². The van der Waals surface area contributed by atoms with Gasteiger partial charge in [-0.15, -0.1) is 0 Å². The van der Waals surface area contributed by atoms with Crippen molar-refractivity contribution in [2.24, 2.45) is 0 Å². The molecule has 0 spiro atoms. The van der Waals surface area contributed by atoms with Gasteiger partial charge >= 0.3 is 0 Å². The standard InChI is InChI=1S/C12H21NO5S/c14-11(7-17-8-12-2-1-4-18-12)6-13-10-3-5-19(15,16)9-10/h3,5,10-14H,1-2,4,6-9H2. The fraction of sp³-hybridized carbons (Fsp3) is 0.833. The van der Waals surface area contributed by atoms with E-state index >= 15 is 0 Å². The van der Waals surface area contributed by atoms with E-state index in [2.05, 4.69) is 5.32 Å². The third kappa shape index (κ3) is 5.19. The van der Waals surface area contributed by atoms with Gasteiger partial charge in [0.25, 0.3) is 0 Å². The number of sulfone groups is 1. The molecule has 0 radical (unpaired) electrons. The van der Waals surface area contributed by atoms with Crippen LogP contribution >= 0.6 is 0 Å². The molecular weight excluding hydrogens is 270 g/mol. The minimum Gasteiger partial charge on any atom is -0.389 e. The van der Waals surface area contributed by atoms with E-state index < -0.39 is 15.9 Å². The van der Waals surface area contributed by atoms with Crippen LogP contribution in [0, 0.1) is 0 Å². The maximum atomic E-state index is 11.2. The highest BCUT2D eigenvalue weighted by molar-refractivity contribution is 7.94. The zero-order valence-electron chi connectivity index (χ0n) is 10.8. The maximum absolute atomic E-state index is 11.2. The Morgan fingerprint density at radius 1 is 1.53 bits per heavy atom. The smallest absolute Gasteiger partial charge is 0.173 e. The molecule has 1 saturated heterocycles. The molecule has 7 heteroatoms. The summed E-state index contributed by atoms with van der Waals surface area (Å²) in [4.78, 5) is 0. The molecule has 0 aromatic carbocycles. The van der Waals surface area contributed by atoms with Crippen molar-refractivity contribution in [2.75, 3.05) is 32.1 Å². The molecule has 1 fully saturated rings. The van der Waals surface area contributed by atoms with Gasteiger partial charge in [0.05, 0.1) is 31.2 Å². The van der Waals surface area contributed by atoms with Gasteiger partial charge in [0.15, 0.2) is 9.84 Å². The Bertz CT molecular complexity index is 402. The molecule has 0 saturated carbocycles. The predicted molar refractivity (Wildman–Crippen MR) is 70.5 cm³/mol. The molecule has 0 bridgehead atoms. The van der Waals surface area contributed by atoms with Gasteiger partial charge in [0.2, 0.25) is 0 Å². The Morgan fingerprint density at radius 3 is 3.00 bits per heavy atom. The molecule has 0 aromatic heterocycles. The van der Waals surface area contributed by atoms with E-state index in [1.54, 1.807) is 6.08 Å². The van der Waals surface area contributed by atoms with Gasteiger partial charge in [-0.05, 0) is 12.8 Å². The number of rotatable bonds is 7. The molecule has 3 atom stereocenters. The molecular formula is C12H21NO5S. The summed E-state index contributed by atoms with van der Waals surface area (Å²) in [5.74, 6) is 0.0660. The summed E-state index contributed by atoms with van der Waals surface area (Å²) in [5, 5.41) is 13.9. The lowest BCUT2D eigenvalue weighted by atomic mass is 10.2. The Balaban J connectivity index is 1.55. The Morgan fingerprint density at radius 2 is 2.37 bits per heavy atom. The molecule has 2 rings (SSSR count). The van der Waals surface area contributed by atoms with Gasteiger partial charge in [-0.1, -0.05) is 6.08 Å². The largest absolute Gasteiger partial charge is 0.389 e. The normalized spacial score (nSPS) is 30.8. The summed E-state index contributed by atoms with van der Waals surface area (Å²) < 4.78 is 33.1. The highest BCUT2D eigenvalue weighted by Gasteiger charge is 2.22. The lowest BCUT2D eigenvalue weighted by Crippen LogP contribution is -2.38. The Hall–Kier alpha value is -0.470. The summed E-state index contributed by atoms with van der Waals surface area (Å²) in [6.07, 6.45) is 3.20. The monoisotopic (exact) mass is 291 g/mol. The average Bonchev–Trinajstić information content (AvgIpc) is 2.96. The van der Waals surface area contributed by atoms with Crippen molar-refractivity contribution in [1.29, 1.82) is 0 Å². The first-order valence-electron chi connectivity index (χ1n) is 6.57. The predicted octanol–water partition coefficient (Wildman–Crippen LogP) is -0.557. The summed E-state index contributed by atoms with van der Waals surface area (Å²) in [5.41, 5.74) is 0. The first-order valence-corrected chi connectivity index (χ1v) is 8.28. The molecule has 2 heterocycles. The van der Waals surface area contributed by atoms with Crippen LogP contribution in [-0.2, 0) is 19.3 Å². The van der Waals surface area contributed by atoms with E-state index in [9.17, 15) is 13.5 Å².